The molecule has 0 spiro atoms. The molecule has 0 fully saturated rings. The monoisotopic (exact) mass is 439 g/mol. The molecule has 1 aromatic rings. The summed E-state index contributed by atoms with van der Waals surface area (Å²) in [5, 5.41) is 11.1. The molecule has 2 N–H and O–H groups in total. The first kappa shape index (κ1) is 31.0. The summed E-state index contributed by atoms with van der Waals surface area (Å²) in [4.78, 5) is 33.8. The summed E-state index contributed by atoms with van der Waals surface area (Å²) in [5.74, 6) is 0.790. The average molecular weight is 440 g/mol. The van der Waals surface area contributed by atoms with Crippen LogP contribution >= 0.6 is 0 Å². The maximum atomic E-state index is 11.6. The van der Waals surface area contributed by atoms with Crippen molar-refractivity contribution in [2.75, 3.05) is 6.61 Å². The van der Waals surface area contributed by atoms with Crippen LogP contribution in [0.25, 0.3) is 0 Å². The summed E-state index contributed by atoms with van der Waals surface area (Å²) in [6.07, 6.45) is 0.944. The lowest BCUT2D eigenvalue weighted by Gasteiger charge is -2.17. The van der Waals surface area contributed by atoms with Crippen molar-refractivity contribution in [2.45, 2.75) is 80.9 Å². The van der Waals surface area contributed by atoms with Crippen molar-refractivity contribution < 1.29 is 25.7 Å². The number of aliphatic hydroxyl groups is 1. The fraction of sp³-hybridized carbons (Fsp3) is 0.640. The predicted molar refractivity (Wildman–Crippen MR) is 128 cm³/mol. The van der Waals surface area contributed by atoms with Crippen LogP contribution in [0.1, 0.15) is 75.2 Å². The van der Waals surface area contributed by atoms with Gasteiger partial charge in [-0.05, 0) is 37.2 Å². The Morgan fingerprint density at radius 2 is 1.48 bits per heavy atom. The number of carbonyl (C=O) groups excluding carboxylic acids is 3. The van der Waals surface area contributed by atoms with Crippen molar-refractivity contribution in [2.24, 2.45) is 17.8 Å². The van der Waals surface area contributed by atoms with Gasteiger partial charge in [-0.25, -0.2) is 4.79 Å². The Morgan fingerprint density at radius 1 is 0.968 bits per heavy atom. The smallest absolute Gasteiger partial charge is 0.408 e. The largest absolute Gasteiger partial charge is 0.445 e. The Bertz CT molecular complexity index is 620. The maximum Gasteiger partial charge on any atom is 0.408 e. The van der Waals surface area contributed by atoms with Crippen LogP contribution in [0.3, 0.4) is 0 Å². The van der Waals surface area contributed by atoms with Gasteiger partial charge in [0.1, 0.15) is 13.2 Å². The zero-order valence-electron chi connectivity index (χ0n) is 20.6. The minimum Gasteiger partial charge on any atom is -0.445 e. The van der Waals surface area contributed by atoms with E-state index in [2.05, 4.69) is 19.2 Å². The lowest BCUT2D eigenvalue weighted by Crippen LogP contribution is -2.40. The Morgan fingerprint density at radius 3 is 1.90 bits per heavy atom. The van der Waals surface area contributed by atoms with E-state index in [1.165, 1.54) is 6.92 Å². The number of ether oxygens (including phenoxy) is 1. The van der Waals surface area contributed by atoms with E-state index in [1.54, 1.807) is 0 Å². The second kappa shape index (κ2) is 18.6. The topological polar surface area (TPSA) is 92.7 Å². The first-order valence-corrected chi connectivity index (χ1v) is 11.2. The van der Waals surface area contributed by atoms with E-state index in [1.807, 2.05) is 65.0 Å². The number of ketones is 2. The fourth-order valence-corrected chi connectivity index (χ4v) is 2.70. The van der Waals surface area contributed by atoms with E-state index in [4.69, 9.17) is 9.84 Å². The van der Waals surface area contributed by atoms with Gasteiger partial charge in [0, 0.05) is 7.34 Å². The van der Waals surface area contributed by atoms with Gasteiger partial charge in [0.2, 0.25) is 0 Å². The molecule has 0 aliphatic heterocycles. The van der Waals surface area contributed by atoms with E-state index in [9.17, 15) is 14.4 Å². The number of amides is 1. The number of nitrogens with one attached hydrogen (secondary N) is 1. The molecule has 2 atom stereocenters. The summed E-state index contributed by atoms with van der Waals surface area (Å²) >= 11 is 0. The lowest BCUT2D eigenvalue weighted by atomic mass is 9.95. The average Bonchev–Trinajstić information content (AvgIpc) is 2.73. The molecule has 0 saturated heterocycles. The predicted octanol–water partition coefficient (Wildman–Crippen LogP) is 5.42. The van der Waals surface area contributed by atoms with E-state index in [0.29, 0.717) is 18.3 Å². The molecule has 0 unspecified atom stereocenters. The first-order chi connectivity index (χ1) is 14.6. The molecule has 0 heterocycles. The van der Waals surface area contributed by atoms with Crippen molar-refractivity contribution in [1.82, 2.24) is 5.32 Å². The summed E-state index contributed by atoms with van der Waals surface area (Å²) < 4.78 is 5.09. The van der Waals surface area contributed by atoms with Gasteiger partial charge in [0.05, 0.1) is 6.04 Å². The van der Waals surface area contributed by atoms with E-state index >= 15 is 0 Å². The molecule has 6 nitrogen and oxygen atoms in total. The highest BCUT2D eigenvalue weighted by atomic mass is 16.5. The normalized spacial score (nSPS) is 12.0. The third-order valence-electron chi connectivity index (χ3n) is 4.23. The number of Topliss-reactive ketones (excluding diaryl/α,β-unsaturated/α-hetero) is 2. The molecule has 0 saturated carbocycles. The molecule has 0 radical (unpaired) electrons. The molecule has 0 bridgehead atoms. The molecule has 1 rings (SSSR count). The molecule has 6 heteroatoms. The summed E-state index contributed by atoms with van der Waals surface area (Å²) in [7, 11) is 0. The Hall–Kier alpha value is -2.21. The van der Waals surface area contributed by atoms with Gasteiger partial charge in [-0.15, -0.1) is 0 Å². The van der Waals surface area contributed by atoms with E-state index in [-0.39, 0.29) is 32.1 Å². The Balaban J connectivity index is -0.000000552. The van der Waals surface area contributed by atoms with Crippen LogP contribution in [0, 0.1) is 17.8 Å². The number of aliphatic hydroxyl groups excluding tert-OH is 1. The quantitative estimate of drug-likeness (QED) is 0.508. The molecule has 1 aromatic carbocycles. The highest BCUT2D eigenvalue weighted by Crippen LogP contribution is 2.11. The number of hydrogen-bond acceptors (Lipinski definition) is 5. The molecule has 1 amide bonds. The van der Waals surface area contributed by atoms with Crippen molar-refractivity contribution in [3.8, 4) is 0 Å². The highest BCUT2D eigenvalue weighted by Gasteiger charge is 2.19. The van der Waals surface area contributed by atoms with Gasteiger partial charge in [-0.1, -0.05) is 78.8 Å². The van der Waals surface area contributed by atoms with Gasteiger partial charge >= 0.3 is 6.09 Å². The van der Waals surface area contributed by atoms with Gasteiger partial charge < -0.3 is 15.2 Å². The van der Waals surface area contributed by atoms with Crippen LogP contribution in [-0.2, 0) is 20.9 Å². The molecular formula is C25H45NO5. The zero-order valence-corrected chi connectivity index (χ0v) is 20.6. The van der Waals surface area contributed by atoms with Crippen molar-refractivity contribution in [3.05, 3.63) is 35.9 Å². The summed E-state index contributed by atoms with van der Waals surface area (Å²) in [5.41, 5.74) is 0.917. The van der Waals surface area contributed by atoms with Crippen molar-refractivity contribution in [3.63, 3.8) is 0 Å². The van der Waals surface area contributed by atoms with Crippen LogP contribution in [0.5, 0.6) is 0 Å². The SMILES string of the molecule is CC.CC(=O)[C@H](CC(C)C)NC(=O)OCc1ccccc1.CC(C)C[C@H](C)C(=O)CO.[HH]. The van der Waals surface area contributed by atoms with Gasteiger partial charge in [0.15, 0.2) is 11.6 Å². The molecular weight excluding hydrogens is 394 g/mol. The number of alkyl carbamates (subject to hydrolysis) is 1. The van der Waals surface area contributed by atoms with Crippen LogP contribution < -0.4 is 5.32 Å². The molecule has 0 aliphatic rings. The fourth-order valence-electron chi connectivity index (χ4n) is 2.70. The molecule has 0 aromatic heterocycles. The standard InChI is InChI=1S/C15H21NO3.C8H16O2.C2H6.H2/c1-11(2)9-14(12(3)17)16-15(18)19-10-13-7-5-4-6-8-13;1-6(2)4-7(3)8(10)5-9;1-2;/h4-8,11,14H,9-10H2,1-3H3,(H,16,18);6-7,9H,4-5H2,1-3H3;1-2H3;1H/t14-;7-;;/m00../s1. The van der Waals surface area contributed by atoms with E-state index in [0.717, 1.165) is 12.0 Å². The van der Waals surface area contributed by atoms with E-state index < -0.39 is 12.1 Å². The maximum absolute atomic E-state index is 11.6. The number of benzene rings is 1. The van der Waals surface area contributed by atoms with Gasteiger partial charge in [-0.2, -0.15) is 0 Å². The second-order valence-electron chi connectivity index (χ2n) is 8.15. The summed E-state index contributed by atoms with van der Waals surface area (Å²) in [6.45, 7) is 15.4. The minimum absolute atomic E-state index is 0. The highest BCUT2D eigenvalue weighted by molar-refractivity contribution is 5.85. The third kappa shape index (κ3) is 17.2. The minimum atomic E-state index is -0.551. The van der Waals surface area contributed by atoms with Crippen molar-refractivity contribution in [1.29, 1.82) is 0 Å². The second-order valence-corrected chi connectivity index (χ2v) is 8.15. The molecule has 0 aliphatic carbocycles. The third-order valence-corrected chi connectivity index (χ3v) is 4.23. The Kier molecular flexibility index (Phi) is 18.5. The summed E-state index contributed by atoms with van der Waals surface area (Å²) in [6, 6.07) is 8.95. The van der Waals surface area contributed by atoms with Crippen LogP contribution in [-0.4, -0.2) is 35.4 Å². The van der Waals surface area contributed by atoms with Gasteiger partial charge in [0.25, 0.3) is 0 Å². The lowest BCUT2D eigenvalue weighted by molar-refractivity contribution is -0.125. The number of rotatable bonds is 10. The van der Waals surface area contributed by atoms with Crippen LogP contribution in [0.2, 0.25) is 0 Å². The zero-order chi connectivity index (χ0) is 24.4. The van der Waals surface area contributed by atoms with Crippen LogP contribution in [0.15, 0.2) is 30.3 Å². The molecule has 180 valence electrons. The number of carbonyl (C=O) groups is 3. The van der Waals surface area contributed by atoms with Crippen molar-refractivity contribution >= 4 is 17.7 Å². The Labute approximate surface area is 190 Å². The van der Waals surface area contributed by atoms with Gasteiger partial charge in [-0.3, -0.25) is 9.59 Å². The van der Waals surface area contributed by atoms with Crippen LogP contribution in [0.4, 0.5) is 4.79 Å². The molecule has 31 heavy (non-hydrogen) atoms. The number of hydrogen-bond donors (Lipinski definition) is 2. The first-order valence-electron chi connectivity index (χ1n) is 11.2.